The summed E-state index contributed by atoms with van der Waals surface area (Å²) in [6.07, 6.45) is 0.0483. The van der Waals surface area contributed by atoms with E-state index < -0.39 is 12.0 Å². The van der Waals surface area contributed by atoms with E-state index in [4.69, 9.17) is 14.2 Å². The van der Waals surface area contributed by atoms with Gasteiger partial charge in [0.15, 0.2) is 0 Å². The number of aliphatic carboxylic acids is 1. The number of carboxylic acids is 1. The van der Waals surface area contributed by atoms with Crippen molar-refractivity contribution in [3.05, 3.63) is 29.8 Å². The Morgan fingerprint density at radius 2 is 1.91 bits per heavy atom. The second kappa shape index (κ2) is 7.94. The third-order valence-corrected chi connectivity index (χ3v) is 3.80. The van der Waals surface area contributed by atoms with Crippen molar-refractivity contribution in [1.82, 2.24) is 4.90 Å². The SMILES string of the molecule is COCCOc1ccc(C(=O)N2CC(OC)CC2C(=O)O)cc1. The lowest BCUT2D eigenvalue weighted by atomic mass is 10.1. The van der Waals surface area contributed by atoms with E-state index in [1.165, 1.54) is 12.0 Å². The molecule has 0 saturated carbocycles. The quantitative estimate of drug-likeness (QED) is 0.754. The number of ether oxygens (including phenoxy) is 3. The molecule has 2 rings (SSSR count). The molecule has 2 unspecified atom stereocenters. The predicted octanol–water partition coefficient (Wildman–Crippen LogP) is 1.03. The fourth-order valence-corrected chi connectivity index (χ4v) is 2.53. The highest BCUT2D eigenvalue weighted by Crippen LogP contribution is 2.23. The van der Waals surface area contributed by atoms with E-state index in [9.17, 15) is 14.7 Å². The molecule has 1 fully saturated rings. The molecule has 1 N–H and O–H groups in total. The van der Waals surface area contributed by atoms with Gasteiger partial charge in [0.25, 0.3) is 5.91 Å². The van der Waals surface area contributed by atoms with E-state index >= 15 is 0 Å². The van der Waals surface area contributed by atoms with Crippen molar-refractivity contribution in [2.24, 2.45) is 0 Å². The minimum Gasteiger partial charge on any atom is -0.491 e. The number of nitrogens with zero attached hydrogens (tertiary/aromatic N) is 1. The molecule has 0 aliphatic carbocycles. The lowest BCUT2D eigenvalue weighted by molar-refractivity contribution is -0.141. The van der Waals surface area contributed by atoms with Crippen molar-refractivity contribution in [1.29, 1.82) is 0 Å². The molecule has 7 nitrogen and oxygen atoms in total. The zero-order valence-corrected chi connectivity index (χ0v) is 13.2. The maximum atomic E-state index is 12.5. The van der Waals surface area contributed by atoms with Gasteiger partial charge in [-0.2, -0.15) is 0 Å². The van der Waals surface area contributed by atoms with Crippen molar-refractivity contribution in [3.63, 3.8) is 0 Å². The van der Waals surface area contributed by atoms with E-state index in [0.717, 1.165) is 0 Å². The van der Waals surface area contributed by atoms with E-state index in [1.54, 1.807) is 31.4 Å². The van der Waals surface area contributed by atoms with Gasteiger partial charge in [0.05, 0.1) is 12.7 Å². The Morgan fingerprint density at radius 1 is 1.22 bits per heavy atom. The first-order valence-corrected chi connectivity index (χ1v) is 7.35. The Balaban J connectivity index is 2.05. The highest BCUT2D eigenvalue weighted by molar-refractivity contribution is 5.97. The Morgan fingerprint density at radius 3 is 2.48 bits per heavy atom. The molecule has 0 radical (unpaired) electrons. The number of hydrogen-bond acceptors (Lipinski definition) is 5. The smallest absolute Gasteiger partial charge is 0.326 e. The second-order valence-corrected chi connectivity index (χ2v) is 5.27. The molecule has 1 aliphatic heterocycles. The number of likely N-dealkylation sites (tertiary alicyclic amines) is 1. The highest BCUT2D eigenvalue weighted by atomic mass is 16.5. The van der Waals surface area contributed by atoms with Gasteiger partial charge in [-0.3, -0.25) is 4.79 Å². The van der Waals surface area contributed by atoms with Crippen molar-refractivity contribution in [3.8, 4) is 5.75 Å². The van der Waals surface area contributed by atoms with Crippen LogP contribution in [0.3, 0.4) is 0 Å². The van der Waals surface area contributed by atoms with Gasteiger partial charge in [-0.05, 0) is 24.3 Å². The van der Waals surface area contributed by atoms with Gasteiger partial charge in [-0.1, -0.05) is 0 Å². The lowest BCUT2D eigenvalue weighted by Gasteiger charge is -2.21. The molecule has 0 aromatic heterocycles. The Hall–Kier alpha value is -2.12. The third-order valence-electron chi connectivity index (χ3n) is 3.80. The molecule has 126 valence electrons. The lowest BCUT2D eigenvalue weighted by Crippen LogP contribution is -2.40. The molecule has 0 spiro atoms. The average Bonchev–Trinajstić information content (AvgIpc) is 3.00. The van der Waals surface area contributed by atoms with Crippen LogP contribution in [-0.2, 0) is 14.3 Å². The van der Waals surface area contributed by atoms with Crippen LogP contribution in [0.2, 0.25) is 0 Å². The maximum Gasteiger partial charge on any atom is 0.326 e. The van der Waals surface area contributed by atoms with Gasteiger partial charge in [0, 0.05) is 32.7 Å². The van der Waals surface area contributed by atoms with Crippen LogP contribution in [0.1, 0.15) is 16.8 Å². The minimum atomic E-state index is -1.02. The first-order valence-electron chi connectivity index (χ1n) is 7.35. The highest BCUT2D eigenvalue weighted by Gasteiger charge is 2.40. The normalized spacial score (nSPS) is 20.5. The largest absolute Gasteiger partial charge is 0.491 e. The van der Waals surface area contributed by atoms with Crippen LogP contribution in [-0.4, -0.2) is 68.0 Å². The minimum absolute atomic E-state index is 0.253. The van der Waals surface area contributed by atoms with Crippen LogP contribution < -0.4 is 4.74 Å². The van der Waals surface area contributed by atoms with Gasteiger partial charge in [0.2, 0.25) is 0 Å². The van der Waals surface area contributed by atoms with Crippen LogP contribution in [0.4, 0.5) is 0 Å². The summed E-state index contributed by atoms with van der Waals surface area (Å²) in [7, 11) is 3.11. The summed E-state index contributed by atoms with van der Waals surface area (Å²) in [5.41, 5.74) is 0.423. The second-order valence-electron chi connectivity index (χ2n) is 5.27. The molecule has 1 aliphatic rings. The average molecular weight is 323 g/mol. The van der Waals surface area contributed by atoms with Gasteiger partial charge in [-0.15, -0.1) is 0 Å². The summed E-state index contributed by atoms with van der Waals surface area (Å²) in [4.78, 5) is 25.2. The first kappa shape index (κ1) is 17.2. The number of carboxylic acid groups (broad SMARTS) is 1. The fourth-order valence-electron chi connectivity index (χ4n) is 2.53. The van der Waals surface area contributed by atoms with Gasteiger partial charge < -0.3 is 24.2 Å². The predicted molar refractivity (Wildman–Crippen MR) is 81.7 cm³/mol. The van der Waals surface area contributed by atoms with Crippen molar-refractivity contribution in [2.45, 2.75) is 18.6 Å². The molecule has 1 saturated heterocycles. The van der Waals surface area contributed by atoms with Gasteiger partial charge >= 0.3 is 5.97 Å². The van der Waals surface area contributed by atoms with Gasteiger partial charge in [0.1, 0.15) is 18.4 Å². The van der Waals surface area contributed by atoms with Crippen molar-refractivity contribution < 1.29 is 28.9 Å². The van der Waals surface area contributed by atoms with Crippen molar-refractivity contribution >= 4 is 11.9 Å². The van der Waals surface area contributed by atoms with E-state index in [-0.39, 0.29) is 18.6 Å². The molecular weight excluding hydrogens is 302 g/mol. The number of benzene rings is 1. The number of rotatable bonds is 7. The number of hydrogen-bond donors (Lipinski definition) is 1. The topological polar surface area (TPSA) is 85.3 Å². The van der Waals surface area contributed by atoms with E-state index in [2.05, 4.69) is 0 Å². The van der Waals surface area contributed by atoms with E-state index in [0.29, 0.717) is 30.9 Å². The van der Waals surface area contributed by atoms with Crippen molar-refractivity contribution in [2.75, 3.05) is 34.0 Å². The zero-order chi connectivity index (χ0) is 16.8. The number of methoxy groups -OCH3 is 2. The molecule has 23 heavy (non-hydrogen) atoms. The third kappa shape index (κ3) is 4.20. The molecule has 7 heteroatoms. The molecule has 0 bridgehead atoms. The first-order chi connectivity index (χ1) is 11.1. The zero-order valence-electron chi connectivity index (χ0n) is 13.2. The Bertz CT molecular complexity index is 544. The summed E-state index contributed by atoms with van der Waals surface area (Å²) < 4.78 is 15.5. The van der Waals surface area contributed by atoms with Gasteiger partial charge in [-0.25, -0.2) is 4.79 Å². The number of carbonyl (C=O) groups is 2. The Labute approximate surface area is 134 Å². The number of carbonyl (C=O) groups excluding carboxylic acids is 1. The molecule has 2 atom stereocenters. The standard InChI is InChI=1S/C16H21NO6/c1-21-7-8-23-12-5-3-11(4-6-12)15(18)17-10-13(22-2)9-14(17)16(19)20/h3-6,13-14H,7-10H2,1-2H3,(H,19,20). The summed E-state index contributed by atoms with van der Waals surface area (Å²) >= 11 is 0. The van der Waals surface area contributed by atoms with E-state index in [1.807, 2.05) is 0 Å². The Kier molecular flexibility index (Phi) is 5.95. The van der Waals surface area contributed by atoms with Crippen LogP contribution in [0, 0.1) is 0 Å². The van der Waals surface area contributed by atoms with Crippen LogP contribution >= 0.6 is 0 Å². The number of amides is 1. The van der Waals surface area contributed by atoms with Crippen LogP contribution in [0.15, 0.2) is 24.3 Å². The van der Waals surface area contributed by atoms with Crippen LogP contribution in [0.25, 0.3) is 0 Å². The summed E-state index contributed by atoms with van der Waals surface area (Å²) in [6.45, 7) is 1.18. The summed E-state index contributed by atoms with van der Waals surface area (Å²) in [6, 6.07) is 5.77. The molecule has 1 heterocycles. The monoisotopic (exact) mass is 323 g/mol. The summed E-state index contributed by atoms with van der Waals surface area (Å²) in [5, 5.41) is 9.28. The molecule has 1 aromatic rings. The fraction of sp³-hybridized carbons (Fsp3) is 0.500. The molecule has 1 amide bonds. The maximum absolute atomic E-state index is 12.5. The molecular formula is C16H21NO6. The van der Waals surface area contributed by atoms with Crippen LogP contribution in [0.5, 0.6) is 5.75 Å². The molecule has 1 aromatic carbocycles. The summed E-state index contributed by atoms with van der Waals surface area (Å²) in [5.74, 6) is -0.706.